The maximum absolute atomic E-state index is 13.6. The summed E-state index contributed by atoms with van der Waals surface area (Å²) in [5, 5.41) is 0.371. The molecule has 0 amide bonds. The number of carbonyl (C=O) groups is 1. The summed E-state index contributed by atoms with van der Waals surface area (Å²) in [6, 6.07) is 4.57. The van der Waals surface area contributed by atoms with Gasteiger partial charge in [0.25, 0.3) is 0 Å². The minimum atomic E-state index is -0.359. The minimum Gasteiger partial charge on any atom is -0.299 e. The van der Waals surface area contributed by atoms with Gasteiger partial charge < -0.3 is 0 Å². The molecule has 1 atom stereocenters. The van der Waals surface area contributed by atoms with Gasteiger partial charge in [-0.2, -0.15) is 0 Å². The summed E-state index contributed by atoms with van der Waals surface area (Å²) in [5.41, 5.74) is 0.392. The SMILES string of the molecule is O=C1CCCCC1c1c(F)cccc1Cl. The molecule has 0 aromatic heterocycles. The van der Waals surface area contributed by atoms with Crippen LogP contribution < -0.4 is 0 Å². The predicted molar refractivity (Wildman–Crippen MR) is 57.6 cm³/mol. The van der Waals surface area contributed by atoms with Gasteiger partial charge in [-0.25, -0.2) is 4.39 Å². The number of ketones is 1. The fraction of sp³-hybridized carbons (Fsp3) is 0.417. The van der Waals surface area contributed by atoms with Crippen LogP contribution in [-0.4, -0.2) is 5.78 Å². The molecule has 1 aliphatic rings. The topological polar surface area (TPSA) is 17.1 Å². The molecule has 1 nitrogen and oxygen atoms in total. The Balaban J connectivity index is 2.39. The number of halogens is 2. The first-order valence-corrected chi connectivity index (χ1v) is 5.54. The van der Waals surface area contributed by atoms with Crippen molar-refractivity contribution in [3.8, 4) is 0 Å². The molecule has 1 unspecified atom stereocenters. The fourth-order valence-electron chi connectivity index (χ4n) is 2.13. The Morgan fingerprint density at radius 3 is 2.80 bits per heavy atom. The number of hydrogen-bond acceptors (Lipinski definition) is 1. The van der Waals surface area contributed by atoms with Gasteiger partial charge in [-0.1, -0.05) is 24.1 Å². The van der Waals surface area contributed by atoms with Crippen molar-refractivity contribution in [2.75, 3.05) is 0 Å². The van der Waals surface area contributed by atoms with Gasteiger partial charge >= 0.3 is 0 Å². The van der Waals surface area contributed by atoms with Crippen molar-refractivity contribution in [1.29, 1.82) is 0 Å². The Hall–Kier alpha value is -0.890. The van der Waals surface area contributed by atoms with Crippen LogP contribution in [0.3, 0.4) is 0 Å². The Kier molecular flexibility index (Phi) is 3.06. The fourth-order valence-corrected chi connectivity index (χ4v) is 2.43. The highest BCUT2D eigenvalue weighted by Crippen LogP contribution is 2.35. The number of rotatable bonds is 1. The molecule has 0 aliphatic heterocycles. The monoisotopic (exact) mass is 226 g/mol. The van der Waals surface area contributed by atoms with E-state index in [9.17, 15) is 9.18 Å². The second kappa shape index (κ2) is 4.31. The van der Waals surface area contributed by atoms with E-state index in [1.807, 2.05) is 0 Å². The van der Waals surface area contributed by atoms with Crippen molar-refractivity contribution < 1.29 is 9.18 Å². The van der Waals surface area contributed by atoms with E-state index in [-0.39, 0.29) is 17.5 Å². The standard InChI is InChI=1S/C12H12ClFO/c13-9-5-3-6-10(14)12(9)8-4-1-2-7-11(8)15/h3,5-6,8H,1-2,4,7H2. The molecule has 2 rings (SSSR count). The summed E-state index contributed by atoms with van der Waals surface area (Å²) in [6.07, 6.45) is 3.16. The van der Waals surface area contributed by atoms with E-state index in [0.717, 1.165) is 19.3 Å². The largest absolute Gasteiger partial charge is 0.299 e. The maximum Gasteiger partial charge on any atom is 0.140 e. The van der Waals surface area contributed by atoms with Crippen molar-refractivity contribution >= 4 is 17.4 Å². The van der Waals surface area contributed by atoms with Crippen LogP contribution in [0.5, 0.6) is 0 Å². The van der Waals surface area contributed by atoms with Crippen molar-refractivity contribution in [3.63, 3.8) is 0 Å². The second-order valence-corrected chi connectivity index (χ2v) is 4.31. The zero-order chi connectivity index (χ0) is 10.8. The van der Waals surface area contributed by atoms with Gasteiger partial charge in [-0.15, -0.1) is 0 Å². The van der Waals surface area contributed by atoms with Crippen LogP contribution >= 0.6 is 11.6 Å². The third-order valence-corrected chi connectivity index (χ3v) is 3.23. The quantitative estimate of drug-likeness (QED) is 0.714. The zero-order valence-corrected chi connectivity index (χ0v) is 9.06. The Bertz CT molecular complexity index is 369. The zero-order valence-electron chi connectivity index (χ0n) is 8.30. The number of benzene rings is 1. The lowest BCUT2D eigenvalue weighted by molar-refractivity contribution is -0.121. The van der Waals surface area contributed by atoms with E-state index in [4.69, 9.17) is 11.6 Å². The minimum absolute atomic E-state index is 0.119. The number of hydrogen-bond donors (Lipinski definition) is 0. The highest BCUT2D eigenvalue weighted by Gasteiger charge is 2.27. The van der Waals surface area contributed by atoms with Crippen LogP contribution in [-0.2, 0) is 4.79 Å². The first-order chi connectivity index (χ1) is 7.20. The molecule has 1 aliphatic carbocycles. The van der Waals surface area contributed by atoms with Crippen LogP contribution in [0.2, 0.25) is 5.02 Å². The first kappa shape index (κ1) is 10.6. The third-order valence-electron chi connectivity index (χ3n) is 2.90. The summed E-state index contributed by atoms with van der Waals surface area (Å²) < 4.78 is 13.6. The summed E-state index contributed by atoms with van der Waals surface area (Å²) in [5.74, 6) is -0.566. The average molecular weight is 227 g/mol. The van der Waals surface area contributed by atoms with Gasteiger partial charge in [0.1, 0.15) is 11.6 Å². The molecule has 0 saturated heterocycles. The molecular formula is C12H12ClFO. The smallest absolute Gasteiger partial charge is 0.140 e. The lowest BCUT2D eigenvalue weighted by Gasteiger charge is -2.22. The molecule has 0 spiro atoms. The van der Waals surface area contributed by atoms with E-state index in [1.54, 1.807) is 12.1 Å². The van der Waals surface area contributed by atoms with Crippen molar-refractivity contribution in [2.24, 2.45) is 0 Å². The first-order valence-electron chi connectivity index (χ1n) is 5.17. The molecule has 80 valence electrons. The van der Waals surface area contributed by atoms with Crippen LogP contribution in [0.15, 0.2) is 18.2 Å². The molecule has 1 fully saturated rings. The van der Waals surface area contributed by atoms with Crippen molar-refractivity contribution in [2.45, 2.75) is 31.6 Å². The normalized spacial score (nSPS) is 21.7. The molecule has 1 saturated carbocycles. The summed E-state index contributed by atoms with van der Waals surface area (Å²) in [6.45, 7) is 0. The molecule has 3 heteroatoms. The Morgan fingerprint density at radius 2 is 2.13 bits per heavy atom. The Morgan fingerprint density at radius 1 is 1.33 bits per heavy atom. The summed E-state index contributed by atoms with van der Waals surface area (Å²) in [7, 11) is 0. The van der Waals surface area contributed by atoms with Crippen LogP contribution in [0, 0.1) is 5.82 Å². The lowest BCUT2D eigenvalue weighted by Crippen LogP contribution is -2.18. The van der Waals surface area contributed by atoms with Gasteiger partial charge in [-0.05, 0) is 25.0 Å². The van der Waals surface area contributed by atoms with Crippen LogP contribution in [0.25, 0.3) is 0 Å². The van der Waals surface area contributed by atoms with Crippen LogP contribution in [0.1, 0.15) is 37.2 Å². The molecule has 15 heavy (non-hydrogen) atoms. The van der Waals surface area contributed by atoms with Gasteiger partial charge in [0.05, 0.1) is 0 Å². The van der Waals surface area contributed by atoms with Crippen molar-refractivity contribution in [1.82, 2.24) is 0 Å². The molecule has 1 aromatic carbocycles. The maximum atomic E-state index is 13.6. The van der Waals surface area contributed by atoms with E-state index < -0.39 is 0 Å². The average Bonchev–Trinajstić information content (AvgIpc) is 2.20. The summed E-state index contributed by atoms with van der Waals surface area (Å²) in [4.78, 5) is 11.7. The molecule has 0 radical (unpaired) electrons. The third kappa shape index (κ3) is 2.05. The molecule has 0 heterocycles. The number of carbonyl (C=O) groups excluding carboxylic acids is 1. The van der Waals surface area contributed by atoms with Gasteiger partial charge in [0.15, 0.2) is 0 Å². The highest BCUT2D eigenvalue weighted by atomic mass is 35.5. The molecule has 0 N–H and O–H groups in total. The highest BCUT2D eigenvalue weighted by molar-refractivity contribution is 6.31. The Labute approximate surface area is 93.2 Å². The number of Topliss-reactive ketones (excluding diaryl/α,β-unsaturated/α-hetero) is 1. The van der Waals surface area contributed by atoms with E-state index in [1.165, 1.54) is 6.07 Å². The lowest BCUT2D eigenvalue weighted by atomic mass is 9.83. The van der Waals surface area contributed by atoms with Crippen molar-refractivity contribution in [3.05, 3.63) is 34.6 Å². The second-order valence-electron chi connectivity index (χ2n) is 3.90. The van der Waals surface area contributed by atoms with Gasteiger partial charge in [0.2, 0.25) is 0 Å². The molecule has 0 bridgehead atoms. The van der Waals surface area contributed by atoms with Gasteiger partial charge in [-0.3, -0.25) is 4.79 Å². The van der Waals surface area contributed by atoms with E-state index in [2.05, 4.69) is 0 Å². The summed E-state index contributed by atoms with van der Waals surface area (Å²) >= 11 is 5.94. The van der Waals surface area contributed by atoms with E-state index in [0.29, 0.717) is 17.0 Å². The van der Waals surface area contributed by atoms with Crippen LogP contribution in [0.4, 0.5) is 4.39 Å². The van der Waals surface area contributed by atoms with E-state index >= 15 is 0 Å². The van der Waals surface area contributed by atoms with Gasteiger partial charge in [0, 0.05) is 22.9 Å². The molecular weight excluding hydrogens is 215 g/mol. The predicted octanol–water partition coefficient (Wildman–Crippen LogP) is 3.71. The molecule has 1 aromatic rings.